The van der Waals surface area contributed by atoms with Gasteiger partial charge in [0.25, 0.3) is 5.56 Å². The van der Waals surface area contributed by atoms with Gasteiger partial charge < -0.3 is 10.3 Å². The van der Waals surface area contributed by atoms with E-state index in [4.69, 9.17) is 0 Å². The molecule has 0 radical (unpaired) electrons. The Morgan fingerprint density at radius 1 is 1.03 bits per heavy atom. The average Bonchev–Trinajstić information content (AvgIpc) is 3.15. The molecule has 0 aliphatic heterocycles. The Morgan fingerprint density at radius 3 is 2.40 bits per heavy atom. The molecule has 1 amide bonds. The topological polar surface area (TPSA) is 102 Å². The van der Waals surface area contributed by atoms with Gasteiger partial charge in [-0.15, -0.1) is 0 Å². The molecule has 0 bridgehead atoms. The molecule has 0 saturated carbocycles. The first-order chi connectivity index (χ1) is 14.4. The Hall–Kier alpha value is -3.94. The number of amides is 1. The van der Waals surface area contributed by atoms with Crippen molar-refractivity contribution in [1.29, 1.82) is 0 Å². The van der Waals surface area contributed by atoms with E-state index in [2.05, 4.69) is 15.3 Å². The van der Waals surface area contributed by atoms with Crippen LogP contribution >= 0.6 is 0 Å². The highest BCUT2D eigenvalue weighted by Gasteiger charge is 2.16. The molecule has 0 aliphatic rings. The fourth-order valence-corrected chi connectivity index (χ4v) is 3.39. The average molecular weight is 403 g/mol. The number of fused-ring (bicyclic) bond motifs is 1. The molecule has 0 spiro atoms. The maximum atomic E-state index is 13.0. The molecule has 2 aromatic heterocycles. The first kappa shape index (κ1) is 19.4. The van der Waals surface area contributed by atoms with Crippen molar-refractivity contribution in [2.24, 2.45) is 7.05 Å². The first-order valence-corrected chi connectivity index (χ1v) is 9.51. The lowest BCUT2D eigenvalue weighted by atomic mass is 10.1. The van der Waals surface area contributed by atoms with Crippen LogP contribution in [0.5, 0.6) is 0 Å². The summed E-state index contributed by atoms with van der Waals surface area (Å²) in [5.41, 5.74) is 2.37. The second kappa shape index (κ2) is 7.82. The van der Waals surface area contributed by atoms with E-state index >= 15 is 0 Å². The van der Waals surface area contributed by atoms with Gasteiger partial charge in [-0.25, -0.2) is 9.78 Å². The molecule has 0 fully saturated rings. The molecule has 2 aromatic carbocycles. The van der Waals surface area contributed by atoms with E-state index in [1.54, 1.807) is 7.05 Å². The molecular formula is C22H21N5O3. The minimum absolute atomic E-state index is 0.132. The highest BCUT2D eigenvalue weighted by atomic mass is 16.2. The van der Waals surface area contributed by atoms with Gasteiger partial charge in [0.2, 0.25) is 5.91 Å². The van der Waals surface area contributed by atoms with Crippen molar-refractivity contribution in [3.05, 3.63) is 92.4 Å². The number of carbonyl (C=O) groups excluding carboxylic acids is 1. The van der Waals surface area contributed by atoms with Crippen molar-refractivity contribution in [2.75, 3.05) is 5.32 Å². The number of anilines is 1. The minimum atomic E-state index is -0.408. The zero-order valence-electron chi connectivity index (χ0n) is 16.7. The summed E-state index contributed by atoms with van der Waals surface area (Å²) in [6.07, 6.45) is 0.460. The highest BCUT2D eigenvalue weighted by molar-refractivity contribution is 5.88. The second-order valence-electron chi connectivity index (χ2n) is 7.16. The maximum absolute atomic E-state index is 13.0. The molecule has 4 rings (SSSR count). The summed E-state index contributed by atoms with van der Waals surface area (Å²) in [7, 11) is 1.61. The summed E-state index contributed by atoms with van der Waals surface area (Å²) in [5, 5.41) is 2.72. The summed E-state index contributed by atoms with van der Waals surface area (Å²) in [4.78, 5) is 44.4. The van der Waals surface area contributed by atoms with Crippen LogP contribution in [0.15, 0.2) is 64.2 Å². The standard InChI is InChI=1S/C22H21N5O3/c1-14(28)23-17-10-8-15(9-11-17)12-18-24-19-20(25-18)26(2)22(30)27(21(19)29)13-16-6-4-3-5-7-16/h3-11H,12-13H2,1-2H3,(H,23,28)(H,24,25). The largest absolute Gasteiger partial charge is 0.336 e. The quantitative estimate of drug-likeness (QED) is 0.532. The smallest absolute Gasteiger partial charge is 0.332 e. The summed E-state index contributed by atoms with van der Waals surface area (Å²) >= 11 is 0. The zero-order valence-corrected chi connectivity index (χ0v) is 16.7. The molecule has 8 heteroatoms. The van der Waals surface area contributed by atoms with Crippen molar-refractivity contribution in [2.45, 2.75) is 19.9 Å². The first-order valence-electron chi connectivity index (χ1n) is 9.51. The fraction of sp³-hybridized carbons (Fsp3) is 0.182. The number of nitrogens with zero attached hydrogens (tertiary/aromatic N) is 3. The second-order valence-corrected chi connectivity index (χ2v) is 7.16. The van der Waals surface area contributed by atoms with Gasteiger partial charge in [-0.2, -0.15) is 0 Å². The fourth-order valence-electron chi connectivity index (χ4n) is 3.39. The summed E-state index contributed by atoms with van der Waals surface area (Å²) in [5.74, 6) is 0.453. The molecule has 4 aromatic rings. The third-order valence-electron chi connectivity index (χ3n) is 4.86. The van der Waals surface area contributed by atoms with E-state index in [1.165, 1.54) is 16.1 Å². The number of hydrogen-bond acceptors (Lipinski definition) is 4. The van der Waals surface area contributed by atoms with Crippen LogP contribution in [0.4, 0.5) is 5.69 Å². The Morgan fingerprint density at radius 2 is 1.73 bits per heavy atom. The molecule has 30 heavy (non-hydrogen) atoms. The van der Waals surface area contributed by atoms with Gasteiger partial charge in [0.15, 0.2) is 5.65 Å². The summed E-state index contributed by atoms with van der Waals surface area (Å²) < 4.78 is 2.60. The minimum Gasteiger partial charge on any atom is -0.336 e. The third kappa shape index (κ3) is 3.80. The summed E-state index contributed by atoms with van der Waals surface area (Å²) in [6, 6.07) is 16.7. The van der Waals surface area contributed by atoms with Crippen LogP contribution in [0.1, 0.15) is 23.9 Å². The van der Waals surface area contributed by atoms with Crippen LogP contribution in [0.25, 0.3) is 11.2 Å². The van der Waals surface area contributed by atoms with Crippen molar-refractivity contribution in [3.8, 4) is 0 Å². The number of benzene rings is 2. The molecule has 8 nitrogen and oxygen atoms in total. The van der Waals surface area contributed by atoms with Gasteiger partial charge >= 0.3 is 5.69 Å². The predicted molar refractivity (Wildman–Crippen MR) is 115 cm³/mol. The van der Waals surface area contributed by atoms with Crippen LogP contribution in [-0.2, 0) is 24.8 Å². The number of aromatic nitrogens is 4. The normalized spacial score (nSPS) is 11.0. The van der Waals surface area contributed by atoms with Crippen LogP contribution in [-0.4, -0.2) is 25.0 Å². The van der Waals surface area contributed by atoms with Crippen molar-refractivity contribution in [3.63, 3.8) is 0 Å². The lowest BCUT2D eigenvalue weighted by Gasteiger charge is -2.07. The number of aryl methyl sites for hydroxylation is 1. The van der Waals surface area contributed by atoms with Crippen LogP contribution in [0.3, 0.4) is 0 Å². The van der Waals surface area contributed by atoms with Crippen LogP contribution < -0.4 is 16.6 Å². The Bertz CT molecular complexity index is 1330. The number of carbonyl (C=O) groups is 1. The molecule has 0 saturated heterocycles. The van der Waals surface area contributed by atoms with Gasteiger partial charge in [0, 0.05) is 26.1 Å². The molecule has 0 unspecified atom stereocenters. The van der Waals surface area contributed by atoms with E-state index in [-0.39, 0.29) is 12.5 Å². The summed E-state index contributed by atoms with van der Waals surface area (Å²) in [6.45, 7) is 1.65. The van der Waals surface area contributed by atoms with E-state index < -0.39 is 11.2 Å². The van der Waals surface area contributed by atoms with Gasteiger partial charge in [0.05, 0.1) is 6.54 Å². The lowest BCUT2D eigenvalue weighted by Crippen LogP contribution is -2.39. The Kier molecular flexibility index (Phi) is 5.05. The lowest BCUT2D eigenvalue weighted by molar-refractivity contribution is -0.114. The van der Waals surface area contributed by atoms with E-state index in [1.807, 2.05) is 54.6 Å². The van der Waals surface area contributed by atoms with Gasteiger partial charge in [-0.3, -0.25) is 18.7 Å². The number of nitrogens with one attached hydrogen (secondary N) is 2. The number of imidazole rings is 1. The molecule has 2 N–H and O–H groups in total. The van der Waals surface area contributed by atoms with Gasteiger partial charge in [-0.1, -0.05) is 42.5 Å². The Balaban J connectivity index is 1.68. The monoisotopic (exact) mass is 403 g/mol. The highest BCUT2D eigenvalue weighted by Crippen LogP contribution is 2.14. The van der Waals surface area contributed by atoms with E-state index in [0.29, 0.717) is 29.1 Å². The van der Waals surface area contributed by atoms with Gasteiger partial charge in [-0.05, 0) is 23.3 Å². The van der Waals surface area contributed by atoms with E-state index in [9.17, 15) is 14.4 Å². The maximum Gasteiger partial charge on any atom is 0.332 e. The number of rotatable bonds is 5. The SMILES string of the molecule is CC(=O)Nc1ccc(Cc2nc3c([nH]2)c(=O)n(Cc2ccccc2)c(=O)n3C)cc1. The van der Waals surface area contributed by atoms with E-state index in [0.717, 1.165) is 11.1 Å². The van der Waals surface area contributed by atoms with Crippen molar-refractivity contribution in [1.82, 2.24) is 19.1 Å². The predicted octanol–water partition coefficient (Wildman–Crippen LogP) is 2.02. The van der Waals surface area contributed by atoms with Gasteiger partial charge in [0.1, 0.15) is 11.3 Å². The Labute approximate surface area is 171 Å². The number of aromatic amines is 1. The van der Waals surface area contributed by atoms with Crippen molar-refractivity contribution >= 4 is 22.8 Å². The van der Waals surface area contributed by atoms with Crippen LogP contribution in [0.2, 0.25) is 0 Å². The molecule has 152 valence electrons. The molecule has 0 atom stereocenters. The number of hydrogen-bond donors (Lipinski definition) is 2. The molecular weight excluding hydrogens is 382 g/mol. The van der Waals surface area contributed by atoms with Crippen LogP contribution in [0, 0.1) is 0 Å². The third-order valence-corrected chi connectivity index (χ3v) is 4.86. The zero-order chi connectivity index (χ0) is 21.3. The molecule has 0 aliphatic carbocycles. The molecule has 2 heterocycles. The van der Waals surface area contributed by atoms with Crippen molar-refractivity contribution < 1.29 is 4.79 Å². The number of H-pyrrole nitrogens is 1.